The van der Waals surface area contributed by atoms with Gasteiger partial charge in [-0.15, -0.1) is 24.7 Å². The molecule has 0 saturated heterocycles. The quantitative estimate of drug-likeness (QED) is 0.533. The fourth-order valence-corrected chi connectivity index (χ4v) is 3.20. The van der Waals surface area contributed by atoms with Crippen molar-refractivity contribution in [2.75, 3.05) is 0 Å². The molecule has 0 atom stereocenters. The summed E-state index contributed by atoms with van der Waals surface area (Å²) in [5.41, 5.74) is 1.63. The Hall–Kier alpha value is -2.29. The Bertz CT molecular complexity index is 724. The molecule has 0 heterocycles. The van der Waals surface area contributed by atoms with E-state index in [9.17, 15) is 10.2 Å². The average molecular weight is 394 g/mol. The molecular weight excluding hydrogens is 368 g/mol. The molecule has 1 aliphatic carbocycles. The second-order valence-electron chi connectivity index (χ2n) is 5.78. The van der Waals surface area contributed by atoms with Gasteiger partial charge in [-0.3, -0.25) is 0 Å². The topological polar surface area (TPSA) is 46.1 Å². The van der Waals surface area contributed by atoms with Crippen LogP contribution in [-0.4, -0.2) is 0 Å². The zero-order valence-electron chi connectivity index (χ0n) is 15.9. The van der Waals surface area contributed by atoms with Gasteiger partial charge in [-0.25, -0.2) is 0 Å². The molecule has 27 heavy (non-hydrogen) atoms. The Morgan fingerprint density at radius 2 is 1.37 bits per heavy atom. The van der Waals surface area contributed by atoms with E-state index in [1.165, 1.54) is 6.42 Å². The predicted molar refractivity (Wildman–Crippen MR) is 107 cm³/mol. The van der Waals surface area contributed by atoms with E-state index in [0.29, 0.717) is 32.0 Å². The zero-order valence-corrected chi connectivity index (χ0v) is 17.4. The van der Waals surface area contributed by atoms with Gasteiger partial charge in [-0.1, -0.05) is 71.8 Å². The molecule has 0 spiro atoms. The molecule has 3 rings (SSSR count). The molecule has 138 valence electrons. The number of allylic oxidation sites excluding steroid dienone is 6. The van der Waals surface area contributed by atoms with E-state index < -0.39 is 0 Å². The van der Waals surface area contributed by atoms with Gasteiger partial charge >= 0.3 is 52.9 Å². The van der Waals surface area contributed by atoms with Crippen LogP contribution >= 0.6 is 0 Å². The molecule has 0 aliphatic heterocycles. The van der Waals surface area contributed by atoms with Crippen LogP contribution < -0.4 is 10.2 Å². The monoisotopic (exact) mass is 394 g/mol. The fourth-order valence-electron chi connectivity index (χ4n) is 2.29. The van der Waals surface area contributed by atoms with Gasteiger partial charge in [0.1, 0.15) is 0 Å². The van der Waals surface area contributed by atoms with E-state index in [-0.39, 0.29) is 11.5 Å². The summed E-state index contributed by atoms with van der Waals surface area (Å²) in [6.45, 7) is 7.12. The van der Waals surface area contributed by atoms with E-state index in [1.54, 1.807) is 40.3 Å². The van der Waals surface area contributed by atoms with E-state index in [0.717, 1.165) is 11.1 Å². The van der Waals surface area contributed by atoms with Crippen LogP contribution in [0.15, 0.2) is 95.9 Å². The van der Waals surface area contributed by atoms with Gasteiger partial charge in [0.2, 0.25) is 0 Å². The Labute approximate surface area is 172 Å². The summed E-state index contributed by atoms with van der Waals surface area (Å²) in [4.78, 5) is 0. The Morgan fingerprint density at radius 3 is 1.67 bits per heavy atom. The van der Waals surface area contributed by atoms with Gasteiger partial charge in [0.15, 0.2) is 0 Å². The normalized spacial score (nSPS) is 11.1. The Kier molecular flexibility index (Phi) is 11.7. The summed E-state index contributed by atoms with van der Waals surface area (Å²) in [6.07, 6.45) is 12.7. The van der Waals surface area contributed by atoms with Crippen molar-refractivity contribution >= 4 is 0 Å². The summed E-state index contributed by atoms with van der Waals surface area (Å²) in [5.74, 6) is 0.199. The number of benzene rings is 2. The molecule has 0 amide bonds. The third kappa shape index (κ3) is 9.28. The van der Waals surface area contributed by atoms with Gasteiger partial charge in [0, 0.05) is 0 Å². The Morgan fingerprint density at radius 1 is 0.889 bits per heavy atom. The van der Waals surface area contributed by atoms with Gasteiger partial charge in [-0.05, 0) is 12.8 Å². The van der Waals surface area contributed by atoms with Crippen LogP contribution in [0.4, 0.5) is 0 Å². The third-order valence-corrected chi connectivity index (χ3v) is 5.35. The molecular formula is C24H26O2Ti. The summed E-state index contributed by atoms with van der Waals surface area (Å²) in [6, 6.07) is 14.0. The van der Waals surface area contributed by atoms with Crippen molar-refractivity contribution in [2.24, 2.45) is 0 Å². The summed E-state index contributed by atoms with van der Waals surface area (Å²) < 4.78 is 1.68. The fraction of sp³-hybridized carbons (Fsp3) is 0.167. The summed E-state index contributed by atoms with van der Waals surface area (Å²) in [7, 11) is 0. The molecule has 0 aromatic heterocycles. The molecule has 0 unspecified atom stereocenters. The third-order valence-electron chi connectivity index (χ3n) is 3.77. The summed E-state index contributed by atoms with van der Waals surface area (Å²) >= 11 is 0.292. The first-order chi connectivity index (χ1) is 13.1. The molecule has 1 aliphatic rings. The number of hydrogen-bond donors (Lipinski definition) is 0. The van der Waals surface area contributed by atoms with Crippen molar-refractivity contribution in [3.63, 3.8) is 0 Å². The first-order valence-corrected chi connectivity index (χ1v) is 11.2. The Balaban J connectivity index is 0.000000206. The van der Waals surface area contributed by atoms with Crippen molar-refractivity contribution < 1.29 is 29.4 Å². The predicted octanol–water partition coefficient (Wildman–Crippen LogP) is 4.94. The van der Waals surface area contributed by atoms with Crippen molar-refractivity contribution in [3.05, 3.63) is 107 Å². The molecule has 0 fully saturated rings. The minimum absolute atomic E-state index is 0.0994. The van der Waals surface area contributed by atoms with E-state index >= 15 is 0 Å². The second kappa shape index (κ2) is 13.9. The molecule has 0 saturated carbocycles. The van der Waals surface area contributed by atoms with Crippen LogP contribution in [0.3, 0.4) is 0 Å². The summed E-state index contributed by atoms with van der Waals surface area (Å²) in [5, 5.41) is 24.2. The van der Waals surface area contributed by atoms with Crippen LogP contribution in [0.25, 0.3) is 0 Å². The van der Waals surface area contributed by atoms with Gasteiger partial charge in [-0.2, -0.15) is 0 Å². The first kappa shape index (κ1) is 22.8. The van der Waals surface area contributed by atoms with Crippen LogP contribution in [0.2, 0.25) is 5.23 Å². The first-order valence-electron chi connectivity index (χ1n) is 8.87. The maximum absolute atomic E-state index is 11.0. The van der Waals surface area contributed by atoms with Crippen molar-refractivity contribution in [1.29, 1.82) is 0 Å². The molecule has 2 nitrogen and oxygen atoms in total. The van der Waals surface area contributed by atoms with Crippen molar-refractivity contribution in [3.8, 4) is 11.5 Å². The van der Waals surface area contributed by atoms with Crippen LogP contribution in [0.1, 0.15) is 17.5 Å². The zero-order chi connectivity index (χ0) is 19.9. The van der Waals surface area contributed by atoms with E-state index in [4.69, 9.17) is 0 Å². The van der Waals surface area contributed by atoms with E-state index in [1.807, 2.05) is 24.3 Å². The van der Waals surface area contributed by atoms with Gasteiger partial charge in [0.05, 0.1) is 0 Å². The molecule has 0 bridgehead atoms. The van der Waals surface area contributed by atoms with Crippen molar-refractivity contribution in [2.45, 2.75) is 24.5 Å². The van der Waals surface area contributed by atoms with E-state index in [2.05, 4.69) is 36.6 Å². The van der Waals surface area contributed by atoms with Crippen molar-refractivity contribution in [1.82, 2.24) is 0 Å². The molecule has 2 aromatic rings. The molecule has 0 radical (unpaired) electrons. The molecule has 0 N–H and O–H groups in total. The maximum atomic E-state index is 11.0. The minimum atomic E-state index is 0.0994. The van der Waals surface area contributed by atoms with Crippen LogP contribution in [0, 0.1) is 0 Å². The molecule has 2 aromatic carbocycles. The van der Waals surface area contributed by atoms with Crippen LogP contribution in [-0.2, 0) is 32.0 Å². The van der Waals surface area contributed by atoms with Crippen LogP contribution in [0.5, 0.6) is 11.5 Å². The standard InChI is InChI=1S/2C9H10O.C5H5.CH3.Ti/c2*1-2-5-8-6-3-4-7-9(8)10;1-2-4-5-3-1;;/h2*2-4,6-7,10H,1,5H2;1-3H,4H2;1H3;/q;;;;+2/p-2. The van der Waals surface area contributed by atoms with Gasteiger partial charge < -0.3 is 10.2 Å². The number of hydrogen-bond acceptors (Lipinski definition) is 2. The SMILES string of the molecule is C=CCc1ccccc1[O-].C=CCc1ccccc1[O-].[CH3][Ti+2][C]1=CC=CC1. The number of para-hydroxylation sites is 2. The average Bonchev–Trinajstić information content (AvgIpc) is 3.21. The molecule has 3 heteroatoms. The van der Waals surface area contributed by atoms with Gasteiger partial charge in [0.25, 0.3) is 0 Å². The second-order valence-corrected chi connectivity index (χ2v) is 7.56. The number of rotatable bonds is 5.